The summed E-state index contributed by atoms with van der Waals surface area (Å²) in [4.78, 5) is 4.09. The van der Waals surface area contributed by atoms with Crippen LogP contribution in [0.5, 0.6) is 5.75 Å². The van der Waals surface area contributed by atoms with Gasteiger partial charge in [0.25, 0.3) is 0 Å². The molecule has 0 spiro atoms. The summed E-state index contributed by atoms with van der Waals surface area (Å²) in [6, 6.07) is 14.6. The van der Waals surface area contributed by atoms with Crippen LogP contribution in [0.15, 0.2) is 52.3 Å². The van der Waals surface area contributed by atoms with Gasteiger partial charge in [-0.25, -0.2) is 0 Å². The Balaban J connectivity index is 1.74. The first-order valence-corrected chi connectivity index (χ1v) is 9.44. The number of rotatable bonds is 1. The molecule has 2 aliphatic rings. The van der Waals surface area contributed by atoms with Gasteiger partial charge in [0.15, 0.2) is 0 Å². The summed E-state index contributed by atoms with van der Waals surface area (Å²) in [7, 11) is 2.28. The van der Waals surface area contributed by atoms with E-state index in [0.29, 0.717) is 5.92 Å². The first-order chi connectivity index (χ1) is 11.2. The largest absolute Gasteiger partial charge is 0.484 e. The molecule has 0 bridgehead atoms. The third-order valence-electron chi connectivity index (χ3n) is 4.92. The molecule has 1 saturated heterocycles. The number of fused-ring (bicyclic) bond motifs is 2. The minimum Gasteiger partial charge on any atom is -0.484 e. The number of nitrogens with one attached hydrogen (secondary N) is 1. The lowest BCUT2D eigenvalue weighted by Gasteiger charge is -2.32. The topological polar surface area (TPSA) is 13.7 Å². The summed E-state index contributed by atoms with van der Waals surface area (Å²) in [6.07, 6.45) is 2.56. The zero-order valence-corrected chi connectivity index (χ0v) is 14.8. The maximum absolute atomic E-state index is 6.52. The first-order valence-electron chi connectivity index (χ1n) is 8.25. The highest BCUT2D eigenvalue weighted by atomic mass is 35.5. The van der Waals surface area contributed by atoms with Crippen molar-refractivity contribution in [3.05, 3.63) is 53.1 Å². The number of hydrogen-bond donors (Lipinski definition) is 1. The molecule has 1 fully saturated rings. The highest BCUT2D eigenvalue weighted by Crippen LogP contribution is 2.47. The van der Waals surface area contributed by atoms with Gasteiger partial charge in [-0.3, -0.25) is 0 Å². The van der Waals surface area contributed by atoms with Gasteiger partial charge >= 0.3 is 0 Å². The predicted octanol–water partition coefficient (Wildman–Crippen LogP) is 3.85. The molecule has 2 aromatic carbocycles. The summed E-state index contributed by atoms with van der Waals surface area (Å²) in [6.45, 7) is 2.45. The van der Waals surface area contributed by atoms with Crippen molar-refractivity contribution in [3.63, 3.8) is 0 Å². The summed E-state index contributed by atoms with van der Waals surface area (Å²) >= 11 is 7.99. The lowest BCUT2D eigenvalue weighted by Crippen LogP contribution is -3.10. The normalized spacial score (nSPS) is 26.6. The quantitative estimate of drug-likeness (QED) is 0.842. The van der Waals surface area contributed by atoms with Gasteiger partial charge in [0.05, 0.1) is 25.0 Å². The number of quaternary nitrogens is 1. The van der Waals surface area contributed by atoms with Crippen molar-refractivity contribution >= 4 is 23.4 Å². The summed E-state index contributed by atoms with van der Waals surface area (Å²) in [5.74, 6) is 1.50. The second-order valence-corrected chi connectivity index (χ2v) is 8.08. The predicted molar refractivity (Wildman–Crippen MR) is 94.7 cm³/mol. The Morgan fingerprint density at radius 1 is 1.09 bits per heavy atom. The fourth-order valence-corrected chi connectivity index (χ4v) is 4.76. The van der Waals surface area contributed by atoms with Crippen molar-refractivity contribution in [2.45, 2.75) is 28.7 Å². The van der Waals surface area contributed by atoms with Crippen LogP contribution in [0.3, 0.4) is 0 Å². The van der Waals surface area contributed by atoms with Gasteiger partial charge in [-0.05, 0) is 24.3 Å². The van der Waals surface area contributed by atoms with Gasteiger partial charge in [0.1, 0.15) is 11.9 Å². The molecule has 120 valence electrons. The Morgan fingerprint density at radius 3 is 2.70 bits per heavy atom. The zero-order valence-electron chi connectivity index (χ0n) is 13.2. The van der Waals surface area contributed by atoms with E-state index in [9.17, 15) is 0 Å². The van der Waals surface area contributed by atoms with Crippen LogP contribution in [0.1, 0.15) is 24.5 Å². The van der Waals surface area contributed by atoms with E-state index in [1.54, 1.807) is 16.7 Å². The molecule has 1 N–H and O–H groups in total. The van der Waals surface area contributed by atoms with Crippen molar-refractivity contribution in [2.75, 3.05) is 20.1 Å². The van der Waals surface area contributed by atoms with Crippen LogP contribution < -0.4 is 9.64 Å². The minimum atomic E-state index is 0.131. The molecule has 2 heterocycles. The fraction of sp³-hybridized carbons (Fsp3) is 0.368. The van der Waals surface area contributed by atoms with Crippen LogP contribution in [0.2, 0.25) is 5.02 Å². The van der Waals surface area contributed by atoms with Crippen molar-refractivity contribution in [1.29, 1.82) is 0 Å². The molecule has 0 saturated carbocycles. The average molecular weight is 347 g/mol. The molecule has 0 aromatic heterocycles. The van der Waals surface area contributed by atoms with E-state index in [0.717, 1.165) is 15.7 Å². The SMILES string of the molecule is C[NH+]1CCC([C@H]2Oc3cc(Cl)ccc3Sc3ccccc32)CC1. The van der Waals surface area contributed by atoms with E-state index in [1.807, 2.05) is 12.1 Å². The first kappa shape index (κ1) is 15.4. The highest BCUT2D eigenvalue weighted by Gasteiger charge is 2.33. The van der Waals surface area contributed by atoms with Gasteiger partial charge in [-0.15, -0.1) is 0 Å². The molecule has 23 heavy (non-hydrogen) atoms. The number of ether oxygens (including phenoxy) is 1. The number of benzene rings is 2. The second-order valence-electron chi connectivity index (χ2n) is 6.56. The van der Waals surface area contributed by atoms with Crippen LogP contribution in [0, 0.1) is 5.92 Å². The number of piperidine rings is 1. The van der Waals surface area contributed by atoms with Gasteiger partial charge in [-0.2, -0.15) is 0 Å². The Labute approximate surface area is 146 Å². The summed E-state index contributed by atoms with van der Waals surface area (Å²) in [5, 5.41) is 0.738. The van der Waals surface area contributed by atoms with Gasteiger partial charge < -0.3 is 9.64 Å². The van der Waals surface area contributed by atoms with Crippen LogP contribution >= 0.6 is 23.4 Å². The molecule has 0 unspecified atom stereocenters. The standard InChI is InChI=1S/C19H20ClNOS/c1-21-10-8-13(9-11-21)19-15-4-2-3-5-17(15)23-18-7-6-14(20)12-16(18)22-19/h2-7,12-13,19H,8-11H2,1H3/p+1/t19-/m1/s1. The summed E-state index contributed by atoms with van der Waals surface area (Å²) < 4.78 is 6.52. The lowest BCUT2D eigenvalue weighted by atomic mass is 9.87. The molecule has 1 atom stereocenters. The number of likely N-dealkylation sites (tertiary alicyclic amines) is 1. The second kappa shape index (κ2) is 6.39. The van der Waals surface area contributed by atoms with Gasteiger partial charge in [-0.1, -0.05) is 41.6 Å². The molecule has 0 amide bonds. The molecule has 0 aliphatic carbocycles. The van der Waals surface area contributed by atoms with Crippen LogP contribution in [0.25, 0.3) is 0 Å². The van der Waals surface area contributed by atoms with E-state index < -0.39 is 0 Å². The third kappa shape index (κ3) is 3.10. The number of hydrogen-bond acceptors (Lipinski definition) is 2. The van der Waals surface area contributed by atoms with E-state index in [2.05, 4.69) is 37.4 Å². The maximum Gasteiger partial charge on any atom is 0.135 e. The Kier molecular flexibility index (Phi) is 4.27. The Bertz CT molecular complexity index is 712. The van der Waals surface area contributed by atoms with Gasteiger partial charge in [0.2, 0.25) is 0 Å². The van der Waals surface area contributed by atoms with Crippen molar-refractivity contribution in [1.82, 2.24) is 0 Å². The molecule has 2 nitrogen and oxygen atoms in total. The average Bonchev–Trinajstić information content (AvgIpc) is 2.72. The Morgan fingerprint density at radius 2 is 1.87 bits per heavy atom. The van der Waals surface area contributed by atoms with Crippen molar-refractivity contribution in [2.24, 2.45) is 5.92 Å². The molecule has 0 radical (unpaired) electrons. The van der Waals surface area contributed by atoms with Crippen LogP contribution in [-0.4, -0.2) is 20.1 Å². The zero-order chi connectivity index (χ0) is 15.8. The molecule has 2 aromatic rings. The third-order valence-corrected chi connectivity index (χ3v) is 6.30. The summed E-state index contributed by atoms with van der Waals surface area (Å²) in [5.41, 5.74) is 1.33. The monoisotopic (exact) mass is 346 g/mol. The molecule has 4 rings (SSSR count). The van der Waals surface area contributed by atoms with Crippen LogP contribution in [0.4, 0.5) is 0 Å². The van der Waals surface area contributed by atoms with E-state index in [-0.39, 0.29) is 6.10 Å². The molecular weight excluding hydrogens is 326 g/mol. The highest BCUT2D eigenvalue weighted by molar-refractivity contribution is 7.99. The van der Waals surface area contributed by atoms with E-state index in [4.69, 9.17) is 16.3 Å². The van der Waals surface area contributed by atoms with E-state index >= 15 is 0 Å². The molecule has 2 aliphatic heterocycles. The van der Waals surface area contributed by atoms with Gasteiger partial charge in [0, 0.05) is 34.2 Å². The van der Waals surface area contributed by atoms with Crippen LogP contribution in [-0.2, 0) is 0 Å². The lowest BCUT2D eigenvalue weighted by molar-refractivity contribution is -0.886. The minimum absolute atomic E-state index is 0.131. The fourth-order valence-electron chi connectivity index (χ4n) is 3.57. The molecular formula is C19H21ClNOS+. The Hall–Kier alpha value is -1.16. The maximum atomic E-state index is 6.52. The van der Waals surface area contributed by atoms with E-state index in [1.165, 1.54) is 36.4 Å². The smallest absolute Gasteiger partial charge is 0.135 e. The van der Waals surface area contributed by atoms with Crippen molar-refractivity contribution in [3.8, 4) is 5.75 Å². The molecule has 4 heteroatoms. The van der Waals surface area contributed by atoms with Crippen molar-refractivity contribution < 1.29 is 9.64 Å². The number of halogens is 1.